The van der Waals surface area contributed by atoms with E-state index >= 15 is 0 Å². The van der Waals surface area contributed by atoms with Gasteiger partial charge >= 0.3 is 0 Å². The Bertz CT molecular complexity index is 1080. The van der Waals surface area contributed by atoms with Crippen LogP contribution in [0.1, 0.15) is 35.7 Å². The van der Waals surface area contributed by atoms with Gasteiger partial charge < -0.3 is 4.90 Å². The zero-order valence-corrected chi connectivity index (χ0v) is 16.1. The molecule has 1 amide bonds. The topological polar surface area (TPSA) is 81.0 Å². The number of nitrogens with zero attached hydrogens (tertiary/aromatic N) is 5. The van der Waals surface area contributed by atoms with Crippen LogP contribution in [-0.4, -0.2) is 43.4 Å². The fraction of sp³-hybridized carbons (Fsp3) is 0.381. The Morgan fingerprint density at radius 2 is 1.93 bits per heavy atom. The molecule has 0 atom stereocenters. The van der Waals surface area contributed by atoms with E-state index in [0.29, 0.717) is 30.3 Å². The molecule has 0 N–H and O–H groups in total. The van der Waals surface area contributed by atoms with Gasteiger partial charge in [-0.3, -0.25) is 14.2 Å². The van der Waals surface area contributed by atoms with Crippen molar-refractivity contribution in [3.8, 4) is 0 Å². The second-order valence-corrected chi connectivity index (χ2v) is 7.33. The van der Waals surface area contributed by atoms with Gasteiger partial charge in [-0.25, -0.2) is 15.0 Å². The summed E-state index contributed by atoms with van der Waals surface area (Å²) in [6.07, 6.45) is 4.93. The van der Waals surface area contributed by atoms with Crippen molar-refractivity contribution in [3.63, 3.8) is 0 Å². The minimum absolute atomic E-state index is 0.0375. The molecule has 0 bridgehead atoms. The highest BCUT2D eigenvalue weighted by Gasteiger charge is 2.25. The molecule has 144 valence electrons. The lowest BCUT2D eigenvalue weighted by molar-refractivity contribution is -0.133. The molecule has 1 aliphatic rings. The van der Waals surface area contributed by atoms with E-state index in [0.717, 1.165) is 29.6 Å². The maximum atomic E-state index is 12.6. The Labute approximate surface area is 163 Å². The number of likely N-dealkylation sites (tertiary alicyclic amines) is 1. The second kappa shape index (κ2) is 7.50. The van der Waals surface area contributed by atoms with Crippen molar-refractivity contribution in [2.75, 3.05) is 13.1 Å². The van der Waals surface area contributed by atoms with Crippen molar-refractivity contribution >= 4 is 16.9 Å². The lowest BCUT2D eigenvalue weighted by Gasteiger charge is -2.32. The number of hydrogen-bond acceptors (Lipinski definition) is 5. The van der Waals surface area contributed by atoms with Gasteiger partial charge in [0.15, 0.2) is 5.65 Å². The van der Waals surface area contributed by atoms with E-state index in [2.05, 4.69) is 22.1 Å². The molecule has 0 unspecified atom stereocenters. The molecular weight excluding hydrogens is 354 g/mol. The number of hydrogen-bond donors (Lipinski definition) is 0. The summed E-state index contributed by atoms with van der Waals surface area (Å²) >= 11 is 0. The zero-order valence-electron chi connectivity index (χ0n) is 16.1. The third-order valence-corrected chi connectivity index (χ3v) is 5.57. The van der Waals surface area contributed by atoms with Gasteiger partial charge in [0.1, 0.15) is 6.54 Å². The number of carbonyl (C=O) groups excluding carboxylic acids is 1. The first-order valence-corrected chi connectivity index (χ1v) is 9.55. The van der Waals surface area contributed by atoms with Crippen LogP contribution in [0, 0.1) is 13.8 Å². The number of aromatic nitrogens is 4. The fourth-order valence-electron chi connectivity index (χ4n) is 3.65. The summed E-state index contributed by atoms with van der Waals surface area (Å²) in [4.78, 5) is 40.0. The minimum atomic E-state index is -0.149. The van der Waals surface area contributed by atoms with Gasteiger partial charge in [-0.15, -0.1) is 0 Å². The molecule has 7 nitrogen and oxygen atoms in total. The maximum Gasteiger partial charge on any atom is 0.256 e. The first-order valence-electron chi connectivity index (χ1n) is 9.55. The summed E-state index contributed by atoms with van der Waals surface area (Å²) < 4.78 is 1.40. The normalized spacial score (nSPS) is 15.1. The Morgan fingerprint density at radius 1 is 1.14 bits per heavy atom. The standard InChI is InChI=1S/C21H23N5O2/c1-14-15(2)23-13-26(21(14)28)12-19(27)25-10-7-16(8-11-25)18-6-5-17-4-3-9-22-20(17)24-18/h3-6,9,13,16H,7-8,10-12H2,1-2H3. The summed E-state index contributed by atoms with van der Waals surface area (Å²) in [5.74, 6) is 0.278. The molecule has 1 fully saturated rings. The molecule has 28 heavy (non-hydrogen) atoms. The van der Waals surface area contributed by atoms with E-state index in [9.17, 15) is 9.59 Å². The van der Waals surface area contributed by atoms with Crippen molar-refractivity contribution in [2.24, 2.45) is 0 Å². The molecule has 0 aliphatic carbocycles. The highest BCUT2D eigenvalue weighted by atomic mass is 16.2. The largest absolute Gasteiger partial charge is 0.341 e. The van der Waals surface area contributed by atoms with Gasteiger partial charge in [-0.1, -0.05) is 0 Å². The Balaban J connectivity index is 1.41. The van der Waals surface area contributed by atoms with Crippen LogP contribution in [0.5, 0.6) is 0 Å². The average Bonchev–Trinajstić information content (AvgIpc) is 2.74. The Morgan fingerprint density at radius 3 is 2.71 bits per heavy atom. The zero-order chi connectivity index (χ0) is 19.7. The van der Waals surface area contributed by atoms with Crippen molar-refractivity contribution in [2.45, 2.75) is 39.2 Å². The summed E-state index contributed by atoms with van der Waals surface area (Å²) in [5, 5.41) is 1.03. The van der Waals surface area contributed by atoms with Crippen LogP contribution in [0.15, 0.2) is 41.6 Å². The molecule has 3 aromatic rings. The first-order chi connectivity index (χ1) is 13.5. The van der Waals surface area contributed by atoms with Gasteiger partial charge in [-0.05, 0) is 51.0 Å². The smallest absolute Gasteiger partial charge is 0.256 e. The molecule has 1 saturated heterocycles. The molecule has 4 rings (SSSR count). The number of carbonyl (C=O) groups is 1. The van der Waals surface area contributed by atoms with E-state index in [1.54, 1.807) is 20.0 Å². The van der Waals surface area contributed by atoms with Crippen LogP contribution in [0.2, 0.25) is 0 Å². The number of piperidine rings is 1. The number of rotatable bonds is 3. The SMILES string of the molecule is Cc1ncn(CC(=O)N2CCC(c3ccc4cccnc4n3)CC2)c(=O)c1C. The van der Waals surface area contributed by atoms with Gasteiger partial charge in [0, 0.05) is 47.5 Å². The predicted molar refractivity (Wildman–Crippen MR) is 106 cm³/mol. The molecule has 0 spiro atoms. The van der Waals surface area contributed by atoms with Crippen LogP contribution in [0.4, 0.5) is 0 Å². The summed E-state index contributed by atoms with van der Waals surface area (Å²) in [6, 6.07) is 8.03. The number of fused-ring (bicyclic) bond motifs is 1. The molecule has 7 heteroatoms. The lowest BCUT2D eigenvalue weighted by Crippen LogP contribution is -2.41. The summed E-state index contributed by atoms with van der Waals surface area (Å²) in [6.45, 7) is 4.90. The summed E-state index contributed by atoms with van der Waals surface area (Å²) in [5.41, 5.74) is 2.94. The van der Waals surface area contributed by atoms with Gasteiger partial charge in [-0.2, -0.15) is 0 Å². The van der Waals surface area contributed by atoms with E-state index in [1.807, 2.05) is 17.0 Å². The number of amides is 1. The molecule has 4 heterocycles. The average molecular weight is 377 g/mol. The van der Waals surface area contributed by atoms with Crippen molar-refractivity contribution in [1.29, 1.82) is 0 Å². The van der Waals surface area contributed by atoms with Crippen LogP contribution in [-0.2, 0) is 11.3 Å². The van der Waals surface area contributed by atoms with Crippen LogP contribution >= 0.6 is 0 Å². The van der Waals surface area contributed by atoms with Crippen LogP contribution < -0.4 is 5.56 Å². The van der Waals surface area contributed by atoms with Crippen LogP contribution in [0.3, 0.4) is 0 Å². The van der Waals surface area contributed by atoms with Crippen LogP contribution in [0.25, 0.3) is 11.0 Å². The van der Waals surface area contributed by atoms with E-state index in [4.69, 9.17) is 4.98 Å². The predicted octanol–water partition coefficient (Wildman–Crippen LogP) is 2.21. The highest BCUT2D eigenvalue weighted by molar-refractivity contribution is 5.76. The Hall–Kier alpha value is -3.09. The van der Waals surface area contributed by atoms with E-state index < -0.39 is 0 Å². The molecule has 0 radical (unpaired) electrons. The van der Waals surface area contributed by atoms with Gasteiger partial charge in [0.25, 0.3) is 5.56 Å². The van der Waals surface area contributed by atoms with Crippen molar-refractivity contribution in [1.82, 2.24) is 24.4 Å². The summed E-state index contributed by atoms with van der Waals surface area (Å²) in [7, 11) is 0. The highest BCUT2D eigenvalue weighted by Crippen LogP contribution is 2.27. The van der Waals surface area contributed by atoms with Gasteiger partial charge in [0.05, 0.1) is 6.33 Å². The first kappa shape index (κ1) is 18.3. The maximum absolute atomic E-state index is 12.6. The minimum Gasteiger partial charge on any atom is -0.341 e. The molecule has 0 aromatic carbocycles. The third kappa shape index (κ3) is 3.52. The Kier molecular flexibility index (Phi) is 4.90. The molecule has 1 aliphatic heterocycles. The van der Waals surface area contributed by atoms with E-state index in [-0.39, 0.29) is 18.0 Å². The van der Waals surface area contributed by atoms with Gasteiger partial charge in [0.2, 0.25) is 5.91 Å². The fourth-order valence-corrected chi connectivity index (χ4v) is 3.65. The monoisotopic (exact) mass is 377 g/mol. The number of pyridine rings is 2. The lowest BCUT2D eigenvalue weighted by atomic mass is 9.93. The quantitative estimate of drug-likeness (QED) is 0.699. The molecular formula is C21H23N5O2. The van der Waals surface area contributed by atoms with Crippen molar-refractivity contribution in [3.05, 3.63) is 64.1 Å². The van der Waals surface area contributed by atoms with Crippen molar-refractivity contribution < 1.29 is 4.79 Å². The van der Waals surface area contributed by atoms with E-state index in [1.165, 1.54) is 10.9 Å². The third-order valence-electron chi connectivity index (χ3n) is 5.57. The molecule has 3 aromatic heterocycles. The number of aryl methyl sites for hydroxylation is 1. The second-order valence-electron chi connectivity index (χ2n) is 7.33. The molecule has 0 saturated carbocycles.